The molecule has 1 aromatic carbocycles. The zero-order valence-corrected chi connectivity index (χ0v) is 12.3. The van der Waals surface area contributed by atoms with Gasteiger partial charge in [-0.15, -0.1) is 0 Å². The summed E-state index contributed by atoms with van der Waals surface area (Å²) in [6.45, 7) is 1.61. The second-order valence-corrected chi connectivity index (χ2v) is 5.62. The molecule has 0 aliphatic heterocycles. The third-order valence-corrected chi connectivity index (χ3v) is 4.05. The van der Waals surface area contributed by atoms with Crippen molar-refractivity contribution in [3.05, 3.63) is 46.8 Å². The molecule has 3 aromatic rings. The van der Waals surface area contributed by atoms with Gasteiger partial charge in [0.2, 0.25) is 0 Å². The number of hydrogen-bond acceptors (Lipinski definition) is 6. The van der Waals surface area contributed by atoms with Crippen molar-refractivity contribution in [2.45, 2.75) is 13.0 Å². The van der Waals surface area contributed by atoms with Gasteiger partial charge in [0, 0.05) is 0 Å². The summed E-state index contributed by atoms with van der Waals surface area (Å²) in [5.74, 6) is -0.336. The first-order valence-corrected chi connectivity index (χ1v) is 7.21. The van der Waals surface area contributed by atoms with E-state index in [0.29, 0.717) is 5.13 Å². The van der Waals surface area contributed by atoms with Gasteiger partial charge in [-0.25, -0.2) is 4.98 Å². The fourth-order valence-electron chi connectivity index (χ4n) is 1.89. The smallest absolute Gasteiger partial charge is 0.300 e. The van der Waals surface area contributed by atoms with Gasteiger partial charge in [-0.2, -0.15) is 5.10 Å². The van der Waals surface area contributed by atoms with Crippen LogP contribution in [-0.2, 0) is 4.79 Å². The highest BCUT2D eigenvalue weighted by atomic mass is 32.1. The van der Waals surface area contributed by atoms with Crippen LogP contribution in [-0.4, -0.2) is 25.6 Å². The standard InChI is InChI=1S/C13H11N5O3S/c1-8(17-7-9(6-14-17)18(20)21)12(19)16-13-15-10-4-2-3-5-11(10)22-13/h2-8H,1H3,(H,15,16,19)/t8-/m1/s1. The van der Waals surface area contributed by atoms with Gasteiger partial charge in [0.05, 0.1) is 15.1 Å². The first-order chi connectivity index (χ1) is 10.5. The second kappa shape index (κ2) is 5.53. The lowest BCUT2D eigenvalue weighted by molar-refractivity contribution is -0.385. The maximum absolute atomic E-state index is 12.2. The highest BCUT2D eigenvalue weighted by molar-refractivity contribution is 7.22. The van der Waals surface area contributed by atoms with Crippen LogP contribution in [0.3, 0.4) is 0 Å². The molecule has 0 spiro atoms. The summed E-state index contributed by atoms with van der Waals surface area (Å²) in [4.78, 5) is 26.6. The maximum atomic E-state index is 12.2. The molecular weight excluding hydrogens is 306 g/mol. The van der Waals surface area contributed by atoms with E-state index in [1.54, 1.807) is 6.92 Å². The number of thiazole rings is 1. The van der Waals surface area contributed by atoms with Gasteiger partial charge in [0.1, 0.15) is 18.4 Å². The van der Waals surface area contributed by atoms with Crippen molar-refractivity contribution >= 4 is 38.3 Å². The van der Waals surface area contributed by atoms with Crippen LogP contribution < -0.4 is 5.32 Å². The Morgan fingerprint density at radius 3 is 2.91 bits per heavy atom. The number of benzene rings is 1. The van der Waals surface area contributed by atoms with E-state index in [9.17, 15) is 14.9 Å². The number of nitrogens with one attached hydrogen (secondary N) is 1. The Bertz CT molecular complexity index is 823. The van der Waals surface area contributed by atoms with E-state index in [4.69, 9.17) is 0 Å². The van der Waals surface area contributed by atoms with Gasteiger partial charge in [-0.05, 0) is 19.1 Å². The molecule has 0 fully saturated rings. The minimum atomic E-state index is -0.680. The van der Waals surface area contributed by atoms with Crippen LogP contribution in [0.25, 0.3) is 10.2 Å². The zero-order valence-electron chi connectivity index (χ0n) is 11.5. The molecule has 0 aliphatic rings. The van der Waals surface area contributed by atoms with E-state index in [1.807, 2.05) is 24.3 Å². The van der Waals surface area contributed by atoms with E-state index in [2.05, 4.69) is 15.4 Å². The van der Waals surface area contributed by atoms with E-state index >= 15 is 0 Å². The van der Waals surface area contributed by atoms with Crippen molar-refractivity contribution in [1.82, 2.24) is 14.8 Å². The molecule has 0 bridgehead atoms. The molecule has 2 heterocycles. The fraction of sp³-hybridized carbons (Fsp3) is 0.154. The van der Waals surface area contributed by atoms with Gasteiger partial charge in [-0.3, -0.25) is 19.6 Å². The number of aromatic nitrogens is 3. The monoisotopic (exact) mass is 317 g/mol. The first kappa shape index (κ1) is 14.1. The van der Waals surface area contributed by atoms with Crippen LogP contribution in [0.4, 0.5) is 10.8 Å². The predicted octanol–water partition coefficient (Wildman–Crippen LogP) is 2.60. The summed E-state index contributed by atoms with van der Waals surface area (Å²) in [6.07, 6.45) is 2.34. The lowest BCUT2D eigenvalue weighted by Gasteiger charge is -2.10. The number of rotatable bonds is 4. The number of para-hydroxylation sites is 1. The van der Waals surface area contributed by atoms with Crippen molar-refractivity contribution in [3.8, 4) is 0 Å². The molecule has 1 N–H and O–H groups in total. The fourth-order valence-corrected chi connectivity index (χ4v) is 2.76. The van der Waals surface area contributed by atoms with Gasteiger partial charge in [0.15, 0.2) is 5.13 Å². The summed E-state index contributed by atoms with van der Waals surface area (Å²) in [5, 5.41) is 17.7. The molecule has 1 atom stereocenters. The van der Waals surface area contributed by atoms with E-state index in [-0.39, 0.29) is 11.6 Å². The molecule has 0 aliphatic carbocycles. The number of fused-ring (bicyclic) bond motifs is 1. The lowest BCUT2D eigenvalue weighted by Crippen LogP contribution is -2.23. The number of amides is 1. The SMILES string of the molecule is C[C@H](C(=O)Nc1nc2ccccc2s1)n1cc([N+](=O)[O-])cn1. The normalized spacial score (nSPS) is 12.2. The van der Waals surface area contributed by atoms with E-state index < -0.39 is 11.0 Å². The van der Waals surface area contributed by atoms with Crippen LogP contribution in [0, 0.1) is 10.1 Å². The van der Waals surface area contributed by atoms with Crippen LogP contribution in [0.15, 0.2) is 36.7 Å². The summed E-state index contributed by atoms with van der Waals surface area (Å²) < 4.78 is 2.22. The number of anilines is 1. The highest BCUT2D eigenvalue weighted by Crippen LogP contribution is 2.26. The number of carbonyl (C=O) groups excluding carboxylic acids is 1. The Hall–Kier alpha value is -2.81. The summed E-state index contributed by atoms with van der Waals surface area (Å²) in [7, 11) is 0. The predicted molar refractivity (Wildman–Crippen MR) is 81.8 cm³/mol. The Labute approximate surface area is 128 Å². The van der Waals surface area contributed by atoms with Crippen molar-refractivity contribution in [2.75, 3.05) is 5.32 Å². The van der Waals surface area contributed by atoms with Crippen LogP contribution in [0.5, 0.6) is 0 Å². The number of nitro groups is 1. The lowest BCUT2D eigenvalue weighted by atomic mass is 10.3. The third-order valence-electron chi connectivity index (χ3n) is 3.10. The van der Waals surface area contributed by atoms with E-state index in [0.717, 1.165) is 16.4 Å². The van der Waals surface area contributed by atoms with E-state index in [1.165, 1.54) is 22.2 Å². The topological polar surface area (TPSA) is 103 Å². The van der Waals surface area contributed by atoms with Gasteiger partial charge >= 0.3 is 5.69 Å². The highest BCUT2D eigenvalue weighted by Gasteiger charge is 2.20. The van der Waals surface area contributed by atoms with Crippen LogP contribution >= 0.6 is 11.3 Å². The Morgan fingerprint density at radius 1 is 1.45 bits per heavy atom. The van der Waals surface area contributed by atoms with Crippen molar-refractivity contribution in [3.63, 3.8) is 0 Å². The van der Waals surface area contributed by atoms with Crippen molar-refractivity contribution in [2.24, 2.45) is 0 Å². The third kappa shape index (κ3) is 2.66. The molecule has 0 saturated carbocycles. The molecule has 112 valence electrons. The Morgan fingerprint density at radius 2 is 2.23 bits per heavy atom. The molecule has 2 aromatic heterocycles. The number of hydrogen-bond donors (Lipinski definition) is 1. The maximum Gasteiger partial charge on any atom is 0.307 e. The number of nitrogens with zero attached hydrogens (tertiary/aromatic N) is 4. The molecule has 0 saturated heterocycles. The Kier molecular flexibility index (Phi) is 3.55. The first-order valence-electron chi connectivity index (χ1n) is 6.39. The average molecular weight is 317 g/mol. The van der Waals surface area contributed by atoms with Gasteiger partial charge in [0.25, 0.3) is 5.91 Å². The molecular formula is C13H11N5O3S. The molecule has 22 heavy (non-hydrogen) atoms. The van der Waals surface area contributed by atoms with Crippen molar-refractivity contribution in [1.29, 1.82) is 0 Å². The number of carbonyl (C=O) groups is 1. The van der Waals surface area contributed by atoms with Crippen molar-refractivity contribution < 1.29 is 9.72 Å². The van der Waals surface area contributed by atoms with Gasteiger partial charge in [-0.1, -0.05) is 23.5 Å². The molecule has 3 rings (SSSR count). The zero-order chi connectivity index (χ0) is 15.7. The molecule has 1 amide bonds. The summed E-state index contributed by atoms with van der Waals surface area (Å²) in [6, 6.07) is 6.88. The molecule has 9 heteroatoms. The molecule has 0 radical (unpaired) electrons. The molecule has 8 nitrogen and oxygen atoms in total. The summed E-state index contributed by atoms with van der Waals surface area (Å²) >= 11 is 1.37. The Balaban J connectivity index is 1.76. The minimum absolute atomic E-state index is 0.153. The average Bonchev–Trinajstić information content (AvgIpc) is 3.12. The minimum Gasteiger partial charge on any atom is -0.300 e. The quantitative estimate of drug-likeness (QED) is 0.588. The largest absolute Gasteiger partial charge is 0.307 e. The van der Waals surface area contributed by atoms with Gasteiger partial charge < -0.3 is 5.32 Å². The second-order valence-electron chi connectivity index (χ2n) is 4.59. The molecule has 0 unspecified atom stereocenters. The van der Waals surface area contributed by atoms with Crippen LogP contribution in [0.2, 0.25) is 0 Å². The summed E-state index contributed by atoms with van der Waals surface area (Å²) in [5.41, 5.74) is 0.657. The van der Waals surface area contributed by atoms with Crippen LogP contribution in [0.1, 0.15) is 13.0 Å².